The van der Waals surface area contributed by atoms with Gasteiger partial charge in [0, 0.05) is 16.2 Å². The zero-order valence-corrected chi connectivity index (χ0v) is 25.1. The average Bonchev–Trinajstić information content (AvgIpc) is 3.65. The summed E-state index contributed by atoms with van der Waals surface area (Å²) in [5, 5.41) is 4.48. The molecule has 1 nitrogen and oxygen atoms in total. The molecule has 8 aromatic carbocycles. The lowest BCUT2D eigenvalue weighted by Gasteiger charge is -2.23. The van der Waals surface area contributed by atoms with E-state index < -0.39 is 24.2 Å². The minimum atomic E-state index is -0.424. The van der Waals surface area contributed by atoms with Crippen LogP contribution in [-0.2, 0) is 5.41 Å². The number of rotatable bonds is 2. The Labute approximate surface area is 278 Å². The minimum Gasteiger partial charge on any atom is -0.456 e. The van der Waals surface area contributed by atoms with Gasteiger partial charge in [-0.25, -0.2) is 0 Å². The maximum absolute atomic E-state index is 9.40. The first-order valence-electron chi connectivity index (χ1n) is 19.4. The molecule has 1 heteroatoms. The van der Waals surface area contributed by atoms with Crippen LogP contribution in [0.25, 0.3) is 87.6 Å². The van der Waals surface area contributed by atoms with Gasteiger partial charge in [-0.1, -0.05) is 129 Å². The van der Waals surface area contributed by atoms with E-state index in [-0.39, 0.29) is 51.1 Å². The molecular formula is C45H30O. The highest BCUT2D eigenvalue weighted by atomic mass is 16.3. The van der Waals surface area contributed by atoms with E-state index >= 15 is 0 Å². The van der Waals surface area contributed by atoms with Gasteiger partial charge in [-0.15, -0.1) is 0 Å². The lowest BCUT2D eigenvalue weighted by atomic mass is 9.80. The van der Waals surface area contributed by atoms with Crippen molar-refractivity contribution >= 4 is 54.3 Å². The first-order chi connectivity index (χ1) is 25.9. The summed E-state index contributed by atoms with van der Waals surface area (Å²) in [6.45, 7) is 4.30. The fourth-order valence-electron chi connectivity index (χ4n) is 7.68. The number of benzene rings is 8. The Balaban J connectivity index is 1.38. The van der Waals surface area contributed by atoms with Crippen molar-refractivity contribution in [1.29, 1.82) is 0 Å². The van der Waals surface area contributed by atoms with Crippen LogP contribution in [-0.4, -0.2) is 0 Å². The van der Waals surface area contributed by atoms with Crippen LogP contribution < -0.4 is 0 Å². The molecular weight excluding hydrogens is 556 g/mol. The molecule has 0 amide bonds. The van der Waals surface area contributed by atoms with Crippen molar-refractivity contribution < 1.29 is 15.4 Å². The fourth-order valence-corrected chi connectivity index (χ4v) is 7.68. The van der Waals surface area contributed by atoms with Crippen molar-refractivity contribution in [3.8, 4) is 33.4 Å². The second-order valence-corrected chi connectivity index (χ2v) is 12.7. The van der Waals surface area contributed by atoms with Gasteiger partial charge in [-0.05, 0) is 107 Å². The first-order valence-corrected chi connectivity index (χ1v) is 15.4. The summed E-state index contributed by atoms with van der Waals surface area (Å²) in [5.74, 6) is 0. The van der Waals surface area contributed by atoms with Crippen molar-refractivity contribution in [2.45, 2.75) is 19.3 Å². The van der Waals surface area contributed by atoms with Gasteiger partial charge in [-0.2, -0.15) is 0 Å². The number of furan rings is 1. The van der Waals surface area contributed by atoms with Crippen molar-refractivity contribution in [3.63, 3.8) is 0 Å². The smallest absolute Gasteiger partial charge is 0.136 e. The third-order valence-electron chi connectivity index (χ3n) is 9.87. The maximum Gasteiger partial charge on any atom is 0.136 e. The largest absolute Gasteiger partial charge is 0.456 e. The molecule has 1 aliphatic rings. The van der Waals surface area contributed by atoms with Gasteiger partial charge in [0.15, 0.2) is 0 Å². The predicted molar refractivity (Wildman–Crippen MR) is 195 cm³/mol. The van der Waals surface area contributed by atoms with E-state index in [4.69, 9.17) is 9.90 Å². The van der Waals surface area contributed by atoms with E-state index in [0.29, 0.717) is 33.4 Å². The Hall–Kier alpha value is -5.66. The van der Waals surface area contributed by atoms with Gasteiger partial charge in [0.05, 0.1) is 11.0 Å². The summed E-state index contributed by atoms with van der Waals surface area (Å²) in [6.07, 6.45) is 0. The summed E-state index contributed by atoms with van der Waals surface area (Å²) >= 11 is 0. The van der Waals surface area contributed by atoms with Gasteiger partial charge in [0.25, 0.3) is 0 Å². The highest BCUT2D eigenvalue weighted by Crippen LogP contribution is 2.51. The summed E-state index contributed by atoms with van der Waals surface area (Å²) in [4.78, 5) is 0. The molecule has 0 unspecified atom stereocenters. The van der Waals surface area contributed by atoms with Crippen LogP contribution in [0.1, 0.15) is 35.9 Å². The molecule has 0 saturated heterocycles. The van der Waals surface area contributed by atoms with Gasteiger partial charge in [0.1, 0.15) is 11.2 Å². The molecule has 0 fully saturated rings. The van der Waals surface area contributed by atoms with E-state index in [9.17, 15) is 5.48 Å². The molecule has 0 aliphatic heterocycles. The molecule has 0 radical (unpaired) electrons. The average molecular weight is 595 g/mol. The molecule has 9 aromatic rings. The molecule has 0 atom stereocenters. The Morgan fingerprint density at radius 3 is 1.72 bits per heavy atom. The Morgan fingerprint density at radius 2 is 1.02 bits per heavy atom. The lowest BCUT2D eigenvalue weighted by Crippen LogP contribution is -2.14. The third kappa shape index (κ3) is 3.46. The first kappa shape index (κ1) is 19.0. The standard InChI is InChI=1S/C45H30O/c1-45(2)39-18-10-9-13-31(39)32-21-19-30(25-40(32)45)44-35-16-7-5-14-33(35)43(34-15-6-8-17-36(34)44)29-20-22-41-37(24-29)38-23-27-11-3-4-12-28(27)26-42(38)46-41/h3-26H,1-2H3/i5D,6D,7D,8D,14D,15D,16D,17D. The molecule has 46 heavy (non-hydrogen) atoms. The van der Waals surface area contributed by atoms with Crippen molar-refractivity contribution in [3.05, 3.63) is 157 Å². The van der Waals surface area contributed by atoms with E-state index in [2.05, 4.69) is 32.0 Å². The molecule has 10 rings (SSSR count). The molecule has 0 N–H and O–H groups in total. The monoisotopic (exact) mass is 594 g/mol. The van der Waals surface area contributed by atoms with E-state index in [1.807, 2.05) is 72.8 Å². The predicted octanol–water partition coefficient (Wildman–Crippen LogP) is 12.7. The van der Waals surface area contributed by atoms with Gasteiger partial charge in [0.2, 0.25) is 0 Å². The van der Waals surface area contributed by atoms with Crippen LogP contribution in [0.2, 0.25) is 0 Å². The van der Waals surface area contributed by atoms with Crippen molar-refractivity contribution in [2.75, 3.05) is 0 Å². The number of hydrogen-bond donors (Lipinski definition) is 0. The van der Waals surface area contributed by atoms with Crippen LogP contribution >= 0.6 is 0 Å². The second-order valence-electron chi connectivity index (χ2n) is 12.7. The molecule has 216 valence electrons. The SMILES string of the molecule is [2H]c1c([2H])c([2H])c2c(-c3ccc4oc5cc6ccccc6cc5c4c3)c3c([2H])c([2H])c([2H])c([2H])c3c(-c3ccc4c(c3)C(C)(C)c3ccccc3-4)c2c1[2H]. The lowest BCUT2D eigenvalue weighted by molar-refractivity contribution is 0.660. The summed E-state index contributed by atoms with van der Waals surface area (Å²) in [6, 6.07) is 29.0. The molecule has 1 aliphatic carbocycles. The Morgan fingerprint density at radius 1 is 0.478 bits per heavy atom. The molecule has 0 spiro atoms. The van der Waals surface area contributed by atoms with E-state index in [0.717, 1.165) is 38.2 Å². The zero-order valence-electron chi connectivity index (χ0n) is 33.1. The second kappa shape index (κ2) is 9.19. The van der Waals surface area contributed by atoms with Crippen molar-refractivity contribution in [1.82, 2.24) is 0 Å². The van der Waals surface area contributed by atoms with Crippen LogP contribution in [0.5, 0.6) is 0 Å². The summed E-state index contributed by atoms with van der Waals surface area (Å²) in [7, 11) is 0. The molecule has 0 bridgehead atoms. The normalized spacial score (nSPS) is 16.0. The van der Waals surface area contributed by atoms with Crippen LogP contribution in [0.15, 0.2) is 150 Å². The van der Waals surface area contributed by atoms with Gasteiger partial charge in [-0.3, -0.25) is 0 Å². The van der Waals surface area contributed by atoms with E-state index in [1.165, 1.54) is 5.56 Å². The Bertz CT molecular complexity index is 3090. The molecule has 0 saturated carbocycles. The topological polar surface area (TPSA) is 13.1 Å². The van der Waals surface area contributed by atoms with Gasteiger partial charge >= 0.3 is 0 Å². The number of hydrogen-bond acceptors (Lipinski definition) is 1. The van der Waals surface area contributed by atoms with Crippen LogP contribution in [0.3, 0.4) is 0 Å². The highest BCUT2D eigenvalue weighted by Gasteiger charge is 2.35. The third-order valence-corrected chi connectivity index (χ3v) is 9.87. The molecule has 1 aromatic heterocycles. The number of fused-ring (bicyclic) bond motifs is 9. The minimum absolute atomic E-state index is 0.189. The van der Waals surface area contributed by atoms with Crippen LogP contribution in [0.4, 0.5) is 0 Å². The zero-order chi connectivity index (χ0) is 37.5. The molecule has 1 heterocycles. The van der Waals surface area contributed by atoms with Crippen molar-refractivity contribution in [2.24, 2.45) is 0 Å². The Kier molecular flexibility index (Phi) is 3.79. The van der Waals surface area contributed by atoms with E-state index in [1.54, 1.807) is 6.07 Å². The van der Waals surface area contributed by atoms with Gasteiger partial charge < -0.3 is 4.42 Å². The summed E-state index contributed by atoms with van der Waals surface area (Å²) in [5.41, 5.74) is 7.10. The highest BCUT2D eigenvalue weighted by molar-refractivity contribution is 6.22. The van der Waals surface area contributed by atoms with Crippen LogP contribution in [0, 0.1) is 0 Å². The quantitative estimate of drug-likeness (QED) is 0.181. The summed E-state index contributed by atoms with van der Waals surface area (Å²) < 4.78 is 79.2. The fraction of sp³-hybridized carbons (Fsp3) is 0.0667. The maximum atomic E-state index is 9.40.